The fourth-order valence-corrected chi connectivity index (χ4v) is 6.50. The quantitative estimate of drug-likeness (QED) is 0.128. The number of pyridine rings is 2. The van der Waals surface area contributed by atoms with Gasteiger partial charge in [0.25, 0.3) is 0 Å². The summed E-state index contributed by atoms with van der Waals surface area (Å²) in [6, 6.07) is 24.6. The van der Waals surface area contributed by atoms with E-state index in [1.54, 1.807) is 11.3 Å². The molecule has 0 spiro atoms. The van der Waals surface area contributed by atoms with Gasteiger partial charge >= 0.3 is 6.18 Å². The number of nitrogens with zero attached hydrogens (tertiary/aromatic N) is 2. The third-order valence-corrected chi connectivity index (χ3v) is 9.20. The summed E-state index contributed by atoms with van der Waals surface area (Å²) < 4.78 is 98.3. The van der Waals surface area contributed by atoms with Gasteiger partial charge in [-0.3, -0.25) is 4.39 Å². The van der Waals surface area contributed by atoms with Gasteiger partial charge in [-0.05, 0) is 66.4 Å². The van der Waals surface area contributed by atoms with E-state index < -0.39 is 31.1 Å². The number of alkyl halides is 3. The van der Waals surface area contributed by atoms with Gasteiger partial charge in [-0.25, -0.2) is 0 Å². The Bertz CT molecular complexity index is 2230. The molecule has 0 N–H and O–H groups in total. The van der Waals surface area contributed by atoms with E-state index in [9.17, 15) is 17.6 Å². The van der Waals surface area contributed by atoms with Gasteiger partial charge in [-0.15, -0.1) is 76.1 Å². The predicted molar refractivity (Wildman–Crippen MR) is 185 cm³/mol. The Labute approximate surface area is 306 Å². The van der Waals surface area contributed by atoms with E-state index in [-0.39, 0.29) is 43.3 Å². The summed E-state index contributed by atoms with van der Waals surface area (Å²) in [5.74, 6) is -0.478. The molecule has 3 heterocycles. The fraction of sp³-hybridized carbons (Fsp3) is 0.250. The van der Waals surface area contributed by atoms with Crippen molar-refractivity contribution in [3.8, 4) is 33.0 Å². The molecule has 2 nitrogen and oxygen atoms in total. The Morgan fingerprint density at radius 1 is 0.875 bits per heavy atom. The zero-order chi connectivity index (χ0) is 39.1. The van der Waals surface area contributed by atoms with Crippen LogP contribution in [0.25, 0.3) is 43.0 Å². The zero-order valence-corrected chi connectivity index (χ0v) is 30.1. The zero-order valence-electron chi connectivity index (χ0n) is 32.9. The maximum Gasteiger partial charge on any atom is 0.394 e. The molecule has 3 aromatic heterocycles. The number of aromatic nitrogens is 2. The summed E-state index contributed by atoms with van der Waals surface area (Å²) in [5, 5.41) is 1.14. The van der Waals surface area contributed by atoms with E-state index in [2.05, 4.69) is 48.1 Å². The summed E-state index contributed by atoms with van der Waals surface area (Å²) in [6.45, 7) is 3.53. The fourth-order valence-electron chi connectivity index (χ4n) is 5.19. The Balaban J connectivity index is 0.000000257. The molecule has 251 valence electrons. The molecule has 6 rings (SSSR count). The number of hydrogen-bond acceptors (Lipinski definition) is 3. The molecule has 8 heteroatoms. The first kappa shape index (κ1) is 29.2. The summed E-state index contributed by atoms with van der Waals surface area (Å²) in [5.41, 5.74) is 5.24. The van der Waals surface area contributed by atoms with E-state index in [4.69, 9.17) is 8.22 Å². The van der Waals surface area contributed by atoms with Gasteiger partial charge in [0.2, 0.25) is 0 Å². The van der Waals surface area contributed by atoms with E-state index in [0.29, 0.717) is 11.1 Å². The number of aryl methyl sites for hydroxylation is 5. The van der Waals surface area contributed by atoms with Crippen LogP contribution in [0.4, 0.5) is 17.6 Å². The molecule has 0 atom stereocenters. The smallest absolute Gasteiger partial charge is 0.304 e. The van der Waals surface area contributed by atoms with Crippen molar-refractivity contribution in [1.82, 2.24) is 9.97 Å². The number of fused-ring (bicyclic) bond motifs is 1. The first-order chi connectivity index (χ1) is 24.5. The van der Waals surface area contributed by atoms with Crippen LogP contribution in [0.1, 0.15) is 55.5 Å². The van der Waals surface area contributed by atoms with Gasteiger partial charge in [-0.2, -0.15) is 13.2 Å². The van der Waals surface area contributed by atoms with Gasteiger partial charge in [0, 0.05) is 61.8 Å². The van der Waals surface area contributed by atoms with E-state index in [0.717, 1.165) is 55.2 Å². The maximum absolute atomic E-state index is 13.3. The second kappa shape index (κ2) is 14.8. The molecule has 0 unspecified atom stereocenters. The first-order valence-electron chi connectivity index (χ1n) is 17.8. The molecular formula is C40H36F4IrN2S-2. The Kier molecular flexibility index (Phi) is 9.02. The minimum atomic E-state index is -4.23. The van der Waals surface area contributed by atoms with Crippen molar-refractivity contribution >= 4 is 21.4 Å². The molecule has 3 aromatic carbocycles. The second-order valence-electron chi connectivity index (χ2n) is 12.1. The molecule has 0 aliphatic carbocycles. The van der Waals surface area contributed by atoms with Crippen LogP contribution < -0.4 is 0 Å². The summed E-state index contributed by atoms with van der Waals surface area (Å²) >= 11 is 1.67. The molecule has 0 saturated carbocycles. The van der Waals surface area contributed by atoms with Crippen LogP contribution in [0.5, 0.6) is 0 Å². The van der Waals surface area contributed by atoms with Gasteiger partial charge in [0.1, 0.15) is 0 Å². The van der Waals surface area contributed by atoms with Crippen molar-refractivity contribution < 1.29 is 45.9 Å². The summed E-state index contributed by atoms with van der Waals surface area (Å²) in [4.78, 5) is 9.72. The Morgan fingerprint density at radius 2 is 1.60 bits per heavy atom. The topological polar surface area (TPSA) is 25.8 Å². The molecule has 0 amide bonds. The van der Waals surface area contributed by atoms with Crippen molar-refractivity contribution in [3.63, 3.8) is 0 Å². The third kappa shape index (κ3) is 8.28. The van der Waals surface area contributed by atoms with Crippen LogP contribution in [0, 0.1) is 57.8 Å². The SMILES string of the molecule is Cc1[c-]c(-c2nccc3c(C)c(-c4ccc(CC(C)(C)C(F)(F)F)cc4)sc23)cc(C)c1.[2H]C([2H])([2H])c1cnc(-c2[c-]cc(F)cc2)cc1C([2H])([2H])[2H].[Ir]. The van der Waals surface area contributed by atoms with Gasteiger partial charge in [-0.1, -0.05) is 63.6 Å². The average Bonchev–Trinajstić information content (AvgIpc) is 3.40. The molecule has 0 bridgehead atoms. The molecular weight excluding hydrogens is 809 g/mol. The molecule has 48 heavy (non-hydrogen) atoms. The Hall–Kier alpha value is -3.71. The number of hydrogen-bond donors (Lipinski definition) is 0. The minimum Gasteiger partial charge on any atom is -0.304 e. The standard InChI is InChI=1S/C27H25F3NS.C13H11FN.Ir/c1-16-12-17(2)14-21(13-16)23-25-22(10-11-31-23)18(3)24(32-25)20-8-6-19(7-9-20)15-26(4,5)27(28,29)30;1-9-7-13(15-8-10(9)2)11-3-5-12(14)6-4-11;/h6-13H,15H2,1-5H3;3,5-8H,1-2H3;/q2*-1;/i;1D3,2D3;. The predicted octanol–water partition coefficient (Wildman–Crippen LogP) is 11.8. The molecule has 0 fully saturated rings. The maximum atomic E-state index is 13.3. The van der Waals surface area contributed by atoms with Gasteiger partial charge in [0.05, 0.1) is 5.41 Å². The van der Waals surface area contributed by atoms with Crippen LogP contribution in [0.2, 0.25) is 0 Å². The molecule has 0 saturated heterocycles. The van der Waals surface area contributed by atoms with Crippen molar-refractivity contribution in [3.05, 3.63) is 130 Å². The van der Waals surface area contributed by atoms with Crippen molar-refractivity contribution in [1.29, 1.82) is 0 Å². The van der Waals surface area contributed by atoms with Gasteiger partial charge in [0.15, 0.2) is 0 Å². The van der Waals surface area contributed by atoms with Crippen LogP contribution in [0.15, 0.2) is 79.1 Å². The van der Waals surface area contributed by atoms with Crippen LogP contribution in [-0.2, 0) is 26.5 Å². The molecule has 0 aliphatic rings. The summed E-state index contributed by atoms with van der Waals surface area (Å²) in [7, 11) is 0. The number of benzene rings is 3. The largest absolute Gasteiger partial charge is 0.394 e. The average molecular weight is 851 g/mol. The van der Waals surface area contributed by atoms with Crippen LogP contribution in [0.3, 0.4) is 0 Å². The monoisotopic (exact) mass is 851 g/mol. The van der Waals surface area contributed by atoms with E-state index in [1.807, 2.05) is 43.5 Å². The van der Waals surface area contributed by atoms with Crippen molar-refractivity contribution in [2.24, 2.45) is 5.41 Å². The normalized spacial score (nSPS) is 13.9. The van der Waals surface area contributed by atoms with Crippen molar-refractivity contribution in [2.75, 3.05) is 0 Å². The van der Waals surface area contributed by atoms with E-state index in [1.165, 1.54) is 37.6 Å². The second-order valence-corrected chi connectivity index (χ2v) is 13.2. The number of halogens is 4. The number of rotatable bonds is 5. The Morgan fingerprint density at radius 3 is 2.23 bits per heavy atom. The third-order valence-electron chi connectivity index (χ3n) is 7.84. The number of thiophene rings is 1. The van der Waals surface area contributed by atoms with Crippen molar-refractivity contribution in [2.45, 2.75) is 60.9 Å². The molecule has 1 radical (unpaired) electrons. The first-order valence-corrected chi connectivity index (χ1v) is 15.6. The summed E-state index contributed by atoms with van der Waals surface area (Å²) in [6.07, 6.45) is -1.42. The van der Waals surface area contributed by atoms with Crippen LogP contribution in [-0.4, -0.2) is 16.1 Å². The molecule has 6 aromatic rings. The molecule has 0 aliphatic heterocycles. The van der Waals surface area contributed by atoms with Crippen LogP contribution >= 0.6 is 11.3 Å². The van der Waals surface area contributed by atoms with E-state index >= 15 is 0 Å². The van der Waals surface area contributed by atoms with Gasteiger partial charge < -0.3 is 9.97 Å². The minimum absolute atomic E-state index is 0.